The highest BCUT2D eigenvalue weighted by Crippen LogP contribution is 2.30. The SMILES string of the molecule is CC(=O)c1ccc(Cl)c(S(=O)(=O)Nc2ccc(C)c(C(=O)c3ccc(Nc4ccc(F)cc4F)cc3Cl)c2)c1. The predicted molar refractivity (Wildman–Crippen MR) is 148 cm³/mol. The van der Waals surface area contributed by atoms with E-state index in [1.807, 2.05) is 0 Å². The number of halogens is 4. The first kappa shape index (κ1) is 28.2. The zero-order valence-corrected chi connectivity index (χ0v) is 22.8. The van der Waals surface area contributed by atoms with Crippen molar-refractivity contribution in [2.24, 2.45) is 0 Å². The summed E-state index contributed by atoms with van der Waals surface area (Å²) in [5.74, 6) is -2.32. The van der Waals surface area contributed by atoms with Gasteiger partial charge in [0.05, 0.1) is 15.7 Å². The van der Waals surface area contributed by atoms with E-state index in [0.29, 0.717) is 11.3 Å². The van der Waals surface area contributed by atoms with Crippen molar-refractivity contribution in [1.29, 1.82) is 0 Å². The summed E-state index contributed by atoms with van der Waals surface area (Å²) in [6, 6.07) is 15.8. The molecule has 0 unspecified atom stereocenters. The monoisotopic (exact) mass is 588 g/mol. The topological polar surface area (TPSA) is 92.3 Å². The number of anilines is 3. The van der Waals surface area contributed by atoms with Crippen molar-refractivity contribution in [2.45, 2.75) is 18.7 Å². The maximum absolute atomic E-state index is 14.0. The fourth-order valence-corrected chi connectivity index (χ4v) is 5.58. The largest absolute Gasteiger partial charge is 0.353 e. The maximum Gasteiger partial charge on any atom is 0.263 e. The molecular formula is C28H20Cl2F2N2O4S. The number of nitrogens with one attached hydrogen (secondary N) is 2. The van der Waals surface area contributed by atoms with E-state index in [1.165, 1.54) is 61.5 Å². The molecule has 0 aliphatic carbocycles. The van der Waals surface area contributed by atoms with Gasteiger partial charge in [0.25, 0.3) is 10.0 Å². The van der Waals surface area contributed by atoms with E-state index in [1.54, 1.807) is 13.0 Å². The molecule has 0 aromatic heterocycles. The van der Waals surface area contributed by atoms with Crippen LogP contribution in [0.4, 0.5) is 25.8 Å². The number of carbonyl (C=O) groups excluding carboxylic acids is 2. The van der Waals surface area contributed by atoms with E-state index in [2.05, 4.69) is 10.0 Å². The zero-order chi connectivity index (χ0) is 28.5. The van der Waals surface area contributed by atoms with Gasteiger partial charge in [-0.15, -0.1) is 0 Å². The molecule has 0 aliphatic rings. The second-order valence-electron chi connectivity index (χ2n) is 8.61. The van der Waals surface area contributed by atoms with Gasteiger partial charge in [-0.2, -0.15) is 0 Å². The third-order valence-electron chi connectivity index (χ3n) is 5.79. The summed E-state index contributed by atoms with van der Waals surface area (Å²) >= 11 is 12.5. The average Bonchev–Trinajstić information content (AvgIpc) is 2.86. The van der Waals surface area contributed by atoms with Gasteiger partial charge < -0.3 is 5.32 Å². The Morgan fingerprint density at radius 2 is 1.51 bits per heavy atom. The fraction of sp³-hybridized carbons (Fsp3) is 0.0714. The number of aryl methyl sites for hydroxylation is 1. The van der Waals surface area contributed by atoms with Gasteiger partial charge in [-0.1, -0.05) is 29.3 Å². The van der Waals surface area contributed by atoms with Crippen LogP contribution in [-0.2, 0) is 10.0 Å². The number of ketones is 2. The van der Waals surface area contributed by atoms with Crippen LogP contribution in [0, 0.1) is 18.6 Å². The van der Waals surface area contributed by atoms with Crippen LogP contribution in [0.1, 0.15) is 38.8 Å². The molecule has 0 amide bonds. The Morgan fingerprint density at radius 1 is 0.795 bits per heavy atom. The molecule has 39 heavy (non-hydrogen) atoms. The molecule has 0 fully saturated rings. The summed E-state index contributed by atoms with van der Waals surface area (Å²) in [5, 5.41) is 2.77. The first-order chi connectivity index (χ1) is 18.4. The molecule has 6 nitrogen and oxygen atoms in total. The van der Waals surface area contributed by atoms with Crippen LogP contribution in [0.2, 0.25) is 10.0 Å². The lowest BCUT2D eigenvalue weighted by atomic mass is 9.98. The summed E-state index contributed by atoms with van der Waals surface area (Å²) in [7, 11) is -4.20. The highest BCUT2D eigenvalue weighted by Gasteiger charge is 2.22. The van der Waals surface area contributed by atoms with E-state index >= 15 is 0 Å². The Labute approximate surface area is 233 Å². The first-order valence-corrected chi connectivity index (χ1v) is 13.6. The third kappa shape index (κ3) is 6.27. The van der Waals surface area contributed by atoms with E-state index in [9.17, 15) is 26.8 Å². The second kappa shape index (κ2) is 11.1. The number of benzene rings is 4. The highest BCUT2D eigenvalue weighted by molar-refractivity contribution is 7.92. The lowest BCUT2D eigenvalue weighted by Gasteiger charge is -2.14. The quantitative estimate of drug-likeness (QED) is 0.207. The normalized spacial score (nSPS) is 11.2. The summed E-state index contributed by atoms with van der Waals surface area (Å²) in [5.41, 5.74) is 1.53. The molecule has 4 rings (SSSR count). The van der Waals surface area contributed by atoms with Crippen LogP contribution in [0.15, 0.2) is 77.7 Å². The van der Waals surface area contributed by atoms with Crippen LogP contribution in [-0.4, -0.2) is 20.0 Å². The minimum absolute atomic E-state index is 0.0244. The second-order valence-corrected chi connectivity index (χ2v) is 11.1. The third-order valence-corrected chi connectivity index (χ3v) is 7.96. The van der Waals surface area contributed by atoms with Gasteiger partial charge >= 0.3 is 0 Å². The molecule has 0 radical (unpaired) electrons. The van der Waals surface area contributed by atoms with Crippen LogP contribution < -0.4 is 10.0 Å². The maximum atomic E-state index is 14.0. The van der Waals surface area contributed by atoms with Crippen LogP contribution in [0.3, 0.4) is 0 Å². The Bertz CT molecular complexity index is 1740. The molecule has 4 aromatic rings. The lowest BCUT2D eigenvalue weighted by molar-refractivity contribution is 0.101. The van der Waals surface area contributed by atoms with Gasteiger partial charge in [-0.3, -0.25) is 14.3 Å². The molecule has 0 atom stereocenters. The minimum Gasteiger partial charge on any atom is -0.353 e. The molecule has 0 spiro atoms. The zero-order valence-electron chi connectivity index (χ0n) is 20.5. The van der Waals surface area contributed by atoms with Crippen molar-refractivity contribution in [3.05, 3.63) is 117 Å². The molecule has 2 N–H and O–H groups in total. The number of sulfonamides is 1. The number of Topliss-reactive ketones (excluding diaryl/α,β-unsaturated/α-hetero) is 1. The van der Waals surface area contributed by atoms with Crippen molar-refractivity contribution in [3.8, 4) is 0 Å². The summed E-state index contributed by atoms with van der Waals surface area (Å²) < 4.78 is 55.7. The molecule has 0 bridgehead atoms. The number of carbonyl (C=O) groups is 2. The van der Waals surface area contributed by atoms with E-state index in [-0.39, 0.29) is 48.8 Å². The van der Waals surface area contributed by atoms with E-state index in [0.717, 1.165) is 12.1 Å². The summed E-state index contributed by atoms with van der Waals surface area (Å²) in [4.78, 5) is 24.8. The minimum atomic E-state index is -4.20. The molecule has 200 valence electrons. The smallest absolute Gasteiger partial charge is 0.263 e. The van der Waals surface area contributed by atoms with Crippen molar-refractivity contribution in [3.63, 3.8) is 0 Å². The summed E-state index contributed by atoms with van der Waals surface area (Å²) in [6.07, 6.45) is 0. The Morgan fingerprint density at radius 3 is 2.18 bits per heavy atom. The highest BCUT2D eigenvalue weighted by atomic mass is 35.5. The fourth-order valence-electron chi connectivity index (χ4n) is 3.74. The molecule has 0 saturated carbocycles. The van der Waals surface area contributed by atoms with Crippen molar-refractivity contribution >= 4 is 61.9 Å². The van der Waals surface area contributed by atoms with Gasteiger partial charge in [-0.05, 0) is 80.1 Å². The number of hydrogen-bond acceptors (Lipinski definition) is 5. The van der Waals surface area contributed by atoms with E-state index in [4.69, 9.17) is 23.2 Å². The van der Waals surface area contributed by atoms with Crippen molar-refractivity contribution in [1.82, 2.24) is 0 Å². The van der Waals surface area contributed by atoms with Gasteiger partial charge in [0.1, 0.15) is 16.5 Å². The average molecular weight is 589 g/mol. The molecule has 11 heteroatoms. The summed E-state index contributed by atoms with van der Waals surface area (Å²) in [6.45, 7) is 2.99. The number of hydrogen-bond donors (Lipinski definition) is 2. The Hall–Kier alpha value is -3.79. The van der Waals surface area contributed by atoms with E-state index < -0.39 is 27.4 Å². The van der Waals surface area contributed by atoms with Gasteiger partial charge in [-0.25, -0.2) is 17.2 Å². The molecule has 4 aromatic carbocycles. The van der Waals surface area contributed by atoms with Crippen molar-refractivity contribution in [2.75, 3.05) is 10.0 Å². The molecular weight excluding hydrogens is 569 g/mol. The van der Waals surface area contributed by atoms with Crippen LogP contribution in [0.25, 0.3) is 0 Å². The number of rotatable bonds is 8. The molecule has 0 aliphatic heterocycles. The van der Waals surface area contributed by atoms with Crippen LogP contribution in [0.5, 0.6) is 0 Å². The Balaban J connectivity index is 1.61. The van der Waals surface area contributed by atoms with Gasteiger partial charge in [0, 0.05) is 34.1 Å². The standard InChI is InChI=1S/C28H20Cl2F2N2O4S/c1-15-3-6-20(34-39(37,38)27-11-17(16(2)35)4-9-23(27)29)13-22(15)28(36)21-8-7-19(14-24(21)30)33-26-10-5-18(31)12-25(26)32/h3-14,33-34H,1-2H3. The van der Waals surface area contributed by atoms with Crippen molar-refractivity contribution < 1.29 is 26.8 Å². The van der Waals surface area contributed by atoms with Crippen LogP contribution >= 0.6 is 23.2 Å². The lowest BCUT2D eigenvalue weighted by Crippen LogP contribution is -2.15. The molecule has 0 heterocycles. The molecule has 0 saturated heterocycles. The predicted octanol–water partition coefficient (Wildman–Crippen LogP) is 7.56. The van der Waals surface area contributed by atoms with Gasteiger partial charge in [0.15, 0.2) is 11.6 Å². The van der Waals surface area contributed by atoms with Gasteiger partial charge in [0.2, 0.25) is 0 Å². The first-order valence-electron chi connectivity index (χ1n) is 11.4. The Kier molecular flexibility index (Phi) is 8.06.